The van der Waals surface area contributed by atoms with Crippen molar-refractivity contribution >= 4 is 16.8 Å². The number of amides is 1. The number of fused-ring (bicyclic) bond motifs is 1. The quantitative estimate of drug-likeness (QED) is 0.357. The van der Waals surface area contributed by atoms with Crippen molar-refractivity contribution in [2.45, 2.75) is 70.4 Å². The highest BCUT2D eigenvalue weighted by Crippen LogP contribution is 2.38. The van der Waals surface area contributed by atoms with E-state index in [1.165, 1.54) is 16.9 Å². The molecular weight excluding hydrogens is 512 g/mol. The predicted octanol–water partition coefficient (Wildman–Crippen LogP) is 3.72. The summed E-state index contributed by atoms with van der Waals surface area (Å²) in [6.45, 7) is 6.63. The number of aromatic nitrogens is 5. The number of nitrogens with two attached hydrogens (primary N) is 1. The number of rotatable bonds is 8. The Balaban J connectivity index is 1.24. The molecule has 1 saturated carbocycles. The topological polar surface area (TPSA) is 128 Å². The zero-order chi connectivity index (χ0) is 28.1. The molecule has 0 radical (unpaired) electrons. The molecule has 4 heterocycles. The van der Waals surface area contributed by atoms with Crippen molar-refractivity contribution in [1.82, 2.24) is 24.1 Å². The second kappa shape index (κ2) is 9.90. The van der Waals surface area contributed by atoms with E-state index in [2.05, 4.69) is 5.10 Å². The maximum atomic E-state index is 13.1. The largest absolute Gasteiger partial charge is 0.455 e. The molecule has 2 N–H and O–H groups in total. The van der Waals surface area contributed by atoms with Gasteiger partial charge in [-0.15, -0.1) is 0 Å². The minimum absolute atomic E-state index is 0.0233. The molecule has 0 spiro atoms. The Morgan fingerprint density at radius 3 is 2.70 bits per heavy atom. The Bertz CT molecular complexity index is 1610. The van der Waals surface area contributed by atoms with E-state index in [0.29, 0.717) is 18.9 Å². The fourth-order valence-electron chi connectivity index (χ4n) is 5.96. The highest BCUT2D eigenvalue weighted by molar-refractivity contribution is 5.88. The Morgan fingerprint density at radius 1 is 1.20 bits per heavy atom. The Labute approximate surface area is 231 Å². The summed E-state index contributed by atoms with van der Waals surface area (Å²) in [5, 5.41) is 9.92. The molecule has 3 aromatic heterocycles. The van der Waals surface area contributed by atoms with Crippen LogP contribution in [0.4, 0.5) is 0 Å². The first-order valence-electron chi connectivity index (χ1n) is 13.7. The van der Waals surface area contributed by atoms with Crippen molar-refractivity contribution in [3.8, 4) is 17.3 Å². The molecular formula is C29H34N6O5. The van der Waals surface area contributed by atoms with Crippen LogP contribution in [0.3, 0.4) is 0 Å². The smallest absolute Gasteiger partial charge is 0.271 e. The van der Waals surface area contributed by atoms with Crippen LogP contribution in [0.15, 0.2) is 59.8 Å². The molecule has 2 fully saturated rings. The Hall–Kier alpha value is -3.96. The first-order chi connectivity index (χ1) is 19.1. The number of benzene rings is 1. The summed E-state index contributed by atoms with van der Waals surface area (Å²) in [4.78, 5) is 25.6. The molecule has 1 saturated heterocycles. The van der Waals surface area contributed by atoms with Gasteiger partial charge in [0.25, 0.3) is 5.56 Å². The lowest BCUT2D eigenvalue weighted by molar-refractivity contribution is -0.139. The predicted molar refractivity (Wildman–Crippen MR) is 147 cm³/mol. The maximum Gasteiger partial charge on any atom is 0.271 e. The molecule has 6 rings (SSSR count). The molecule has 4 aromatic rings. The monoisotopic (exact) mass is 546 g/mol. The highest BCUT2D eigenvalue weighted by Gasteiger charge is 2.44. The van der Waals surface area contributed by atoms with Crippen LogP contribution in [0.25, 0.3) is 16.7 Å². The Morgan fingerprint density at radius 2 is 2.00 bits per heavy atom. The van der Waals surface area contributed by atoms with Gasteiger partial charge in [-0.05, 0) is 57.7 Å². The van der Waals surface area contributed by atoms with Gasteiger partial charge in [-0.2, -0.15) is 10.2 Å². The first-order valence-corrected chi connectivity index (χ1v) is 13.7. The highest BCUT2D eigenvalue weighted by atomic mass is 16.7. The lowest BCUT2D eigenvalue weighted by Crippen LogP contribution is -2.53. The summed E-state index contributed by atoms with van der Waals surface area (Å²) < 4.78 is 22.7. The molecule has 11 heteroatoms. The molecule has 2 atom stereocenters. The van der Waals surface area contributed by atoms with Crippen molar-refractivity contribution in [1.29, 1.82) is 0 Å². The SMILES string of the molecule is CC1(C)OC[C@@H](Cn2ccc(-n3ccc4c(Oc5cnn(C(C)(C(N)=O)C6CCCC6)c(=O)c5)cccc43)n2)O1. The molecule has 210 valence electrons. The van der Waals surface area contributed by atoms with Gasteiger partial charge >= 0.3 is 0 Å². The molecule has 1 aliphatic heterocycles. The van der Waals surface area contributed by atoms with Gasteiger partial charge in [0.1, 0.15) is 17.4 Å². The molecule has 1 amide bonds. The van der Waals surface area contributed by atoms with E-state index in [0.717, 1.165) is 42.4 Å². The number of ether oxygens (including phenoxy) is 3. The van der Waals surface area contributed by atoms with Crippen LogP contribution in [0.1, 0.15) is 46.5 Å². The zero-order valence-corrected chi connectivity index (χ0v) is 22.9. The van der Waals surface area contributed by atoms with Gasteiger partial charge in [0.2, 0.25) is 5.91 Å². The van der Waals surface area contributed by atoms with E-state index >= 15 is 0 Å². The van der Waals surface area contributed by atoms with Crippen molar-refractivity contribution in [2.75, 3.05) is 6.61 Å². The third-order valence-corrected chi connectivity index (χ3v) is 8.12. The number of primary amides is 1. The van der Waals surface area contributed by atoms with Gasteiger partial charge in [-0.25, -0.2) is 4.68 Å². The summed E-state index contributed by atoms with van der Waals surface area (Å²) in [5.74, 6) is 0.459. The van der Waals surface area contributed by atoms with Gasteiger partial charge in [-0.3, -0.25) is 18.8 Å². The molecule has 1 unspecified atom stereocenters. The summed E-state index contributed by atoms with van der Waals surface area (Å²) in [6, 6.07) is 10.9. The summed E-state index contributed by atoms with van der Waals surface area (Å²) >= 11 is 0. The van der Waals surface area contributed by atoms with Crippen LogP contribution in [0.5, 0.6) is 11.5 Å². The molecule has 1 aromatic carbocycles. The van der Waals surface area contributed by atoms with Gasteiger partial charge < -0.3 is 19.9 Å². The lowest BCUT2D eigenvalue weighted by atomic mass is 9.83. The van der Waals surface area contributed by atoms with Gasteiger partial charge in [0.05, 0.1) is 24.9 Å². The summed E-state index contributed by atoms with van der Waals surface area (Å²) in [6.07, 6.45) is 8.94. The summed E-state index contributed by atoms with van der Waals surface area (Å²) in [7, 11) is 0. The van der Waals surface area contributed by atoms with E-state index in [1.54, 1.807) is 6.92 Å². The summed E-state index contributed by atoms with van der Waals surface area (Å²) in [5.41, 5.74) is 5.07. The van der Waals surface area contributed by atoms with Crippen molar-refractivity contribution in [3.05, 3.63) is 65.3 Å². The van der Waals surface area contributed by atoms with E-state index in [9.17, 15) is 9.59 Å². The second-order valence-corrected chi connectivity index (χ2v) is 11.3. The van der Waals surface area contributed by atoms with E-state index in [1.807, 2.05) is 65.8 Å². The third kappa shape index (κ3) is 4.69. The number of carbonyl (C=O) groups excluding carboxylic acids is 1. The van der Waals surface area contributed by atoms with Crippen molar-refractivity contribution in [3.63, 3.8) is 0 Å². The van der Waals surface area contributed by atoms with E-state index < -0.39 is 22.8 Å². The maximum absolute atomic E-state index is 13.1. The number of nitrogens with zero attached hydrogens (tertiary/aromatic N) is 5. The van der Waals surface area contributed by atoms with Crippen LogP contribution >= 0.6 is 0 Å². The van der Waals surface area contributed by atoms with Crippen LogP contribution in [0, 0.1) is 5.92 Å². The lowest BCUT2D eigenvalue weighted by Gasteiger charge is -2.33. The standard InChI is InChI=1S/C29H34N6O5/c1-28(2)38-18-21(40-28)17-33-13-12-25(32-33)34-14-11-22-23(34)9-6-10-24(22)39-20-15-26(36)35(31-16-20)29(3,27(30)37)19-7-4-5-8-19/h6,9-16,19,21H,4-5,7-8,17-18H2,1-3H3,(H2,30,37)/t21-,29?/m1/s1. The van der Waals surface area contributed by atoms with Crippen molar-refractivity contribution < 1.29 is 19.0 Å². The molecule has 40 heavy (non-hydrogen) atoms. The fourth-order valence-corrected chi connectivity index (χ4v) is 5.96. The minimum atomic E-state index is -1.18. The van der Waals surface area contributed by atoms with Gasteiger partial charge in [0.15, 0.2) is 17.4 Å². The van der Waals surface area contributed by atoms with E-state index in [-0.39, 0.29) is 17.8 Å². The van der Waals surface area contributed by atoms with Crippen molar-refractivity contribution in [2.24, 2.45) is 11.7 Å². The third-order valence-electron chi connectivity index (χ3n) is 8.12. The van der Waals surface area contributed by atoms with Gasteiger partial charge in [-0.1, -0.05) is 18.9 Å². The number of hydrogen-bond donors (Lipinski definition) is 1. The first kappa shape index (κ1) is 26.3. The van der Waals surface area contributed by atoms with E-state index in [4.69, 9.17) is 25.0 Å². The molecule has 0 bridgehead atoms. The average Bonchev–Trinajstić information content (AvgIpc) is 3.71. The minimum Gasteiger partial charge on any atom is -0.455 e. The average molecular weight is 547 g/mol. The van der Waals surface area contributed by atoms with Crippen LogP contribution in [-0.2, 0) is 26.4 Å². The molecule has 1 aliphatic carbocycles. The molecule has 2 aliphatic rings. The Kier molecular flexibility index (Phi) is 6.50. The normalized spacial score (nSPS) is 20.6. The van der Waals surface area contributed by atoms with Gasteiger partial charge in [0, 0.05) is 29.9 Å². The zero-order valence-electron chi connectivity index (χ0n) is 22.9. The fraction of sp³-hybridized carbons (Fsp3) is 0.448. The van der Waals surface area contributed by atoms with Crippen LogP contribution in [-0.4, -0.2) is 48.5 Å². The number of hydrogen-bond acceptors (Lipinski definition) is 7. The number of carbonyl (C=O) groups is 1. The van der Waals surface area contributed by atoms with Crippen LogP contribution < -0.4 is 16.0 Å². The molecule has 11 nitrogen and oxygen atoms in total. The van der Waals surface area contributed by atoms with Crippen LogP contribution in [0.2, 0.25) is 0 Å². The second-order valence-electron chi connectivity index (χ2n) is 11.3.